The molecular formula is C15H16ClNO3S. The molecule has 4 nitrogen and oxygen atoms in total. The fraction of sp³-hybridized carbons (Fsp3) is 0.200. The number of sulfonamides is 1. The molecule has 0 bridgehead atoms. The maximum absolute atomic E-state index is 12.1. The Labute approximate surface area is 129 Å². The van der Waals surface area contributed by atoms with Crippen LogP contribution in [0.3, 0.4) is 0 Å². The number of halogens is 1. The molecule has 0 saturated heterocycles. The smallest absolute Gasteiger partial charge is 0.240 e. The van der Waals surface area contributed by atoms with Crippen LogP contribution in [0, 0.1) is 0 Å². The lowest BCUT2D eigenvalue weighted by Gasteiger charge is -2.09. The third kappa shape index (κ3) is 4.20. The van der Waals surface area contributed by atoms with E-state index in [-0.39, 0.29) is 4.90 Å². The van der Waals surface area contributed by atoms with E-state index in [0.29, 0.717) is 18.0 Å². The molecule has 0 radical (unpaired) electrons. The Morgan fingerprint density at radius 3 is 2.43 bits per heavy atom. The highest BCUT2D eigenvalue weighted by Gasteiger charge is 2.13. The first kappa shape index (κ1) is 15.8. The van der Waals surface area contributed by atoms with Gasteiger partial charge in [0.25, 0.3) is 0 Å². The largest absolute Gasteiger partial charge is 0.496 e. The molecule has 6 heteroatoms. The van der Waals surface area contributed by atoms with Gasteiger partial charge in [-0.3, -0.25) is 0 Å². The van der Waals surface area contributed by atoms with Crippen LogP contribution in [-0.2, 0) is 16.4 Å². The second-order valence-electron chi connectivity index (χ2n) is 4.41. The second kappa shape index (κ2) is 6.93. The summed E-state index contributed by atoms with van der Waals surface area (Å²) in [7, 11) is -1.92. The molecule has 1 N–H and O–H groups in total. The summed E-state index contributed by atoms with van der Waals surface area (Å²) in [6.07, 6.45) is 0.552. The summed E-state index contributed by atoms with van der Waals surface area (Å²) >= 11 is 5.75. The van der Waals surface area contributed by atoms with Crippen LogP contribution in [0.15, 0.2) is 53.4 Å². The third-order valence-electron chi connectivity index (χ3n) is 3.00. The van der Waals surface area contributed by atoms with Crippen molar-refractivity contribution in [1.29, 1.82) is 0 Å². The SMILES string of the molecule is COc1ccccc1CCNS(=O)(=O)c1ccc(Cl)cc1. The molecule has 0 aliphatic rings. The first-order chi connectivity index (χ1) is 10.0. The average molecular weight is 326 g/mol. The van der Waals surface area contributed by atoms with Crippen molar-refractivity contribution in [3.8, 4) is 5.75 Å². The van der Waals surface area contributed by atoms with E-state index in [9.17, 15) is 8.42 Å². The highest BCUT2D eigenvalue weighted by Crippen LogP contribution is 2.18. The lowest BCUT2D eigenvalue weighted by Crippen LogP contribution is -2.26. The molecule has 21 heavy (non-hydrogen) atoms. The van der Waals surface area contributed by atoms with Crippen molar-refractivity contribution in [1.82, 2.24) is 4.72 Å². The number of methoxy groups -OCH3 is 1. The molecule has 0 atom stereocenters. The average Bonchev–Trinajstić information content (AvgIpc) is 2.48. The van der Waals surface area contributed by atoms with Crippen LogP contribution in [0.1, 0.15) is 5.56 Å². The summed E-state index contributed by atoms with van der Waals surface area (Å²) in [5.74, 6) is 0.753. The van der Waals surface area contributed by atoms with E-state index in [1.165, 1.54) is 12.1 Å². The van der Waals surface area contributed by atoms with Gasteiger partial charge in [0.15, 0.2) is 0 Å². The molecule has 0 aliphatic heterocycles. The zero-order valence-electron chi connectivity index (χ0n) is 11.5. The number of ether oxygens (including phenoxy) is 1. The topological polar surface area (TPSA) is 55.4 Å². The minimum atomic E-state index is -3.52. The zero-order valence-corrected chi connectivity index (χ0v) is 13.1. The van der Waals surface area contributed by atoms with Crippen LogP contribution < -0.4 is 9.46 Å². The Hall–Kier alpha value is -1.56. The third-order valence-corrected chi connectivity index (χ3v) is 4.73. The quantitative estimate of drug-likeness (QED) is 0.888. The molecular weight excluding hydrogens is 310 g/mol. The summed E-state index contributed by atoms with van der Waals surface area (Å²) in [6, 6.07) is 13.6. The van der Waals surface area contributed by atoms with E-state index in [2.05, 4.69) is 4.72 Å². The molecule has 2 aromatic carbocycles. The van der Waals surface area contributed by atoms with Crippen molar-refractivity contribution in [2.45, 2.75) is 11.3 Å². The molecule has 112 valence electrons. The summed E-state index contributed by atoms with van der Waals surface area (Å²) < 4.78 is 32.0. The minimum Gasteiger partial charge on any atom is -0.496 e. The van der Waals surface area contributed by atoms with Crippen molar-refractivity contribution in [3.63, 3.8) is 0 Å². The van der Waals surface area contributed by atoms with E-state index in [1.54, 1.807) is 19.2 Å². The van der Waals surface area contributed by atoms with E-state index in [4.69, 9.17) is 16.3 Å². The Kier molecular flexibility index (Phi) is 5.22. The van der Waals surface area contributed by atoms with Crippen molar-refractivity contribution in [2.24, 2.45) is 0 Å². The fourth-order valence-corrected chi connectivity index (χ4v) is 3.08. The van der Waals surface area contributed by atoms with Crippen molar-refractivity contribution >= 4 is 21.6 Å². The highest BCUT2D eigenvalue weighted by atomic mass is 35.5. The van der Waals surface area contributed by atoms with Crippen molar-refractivity contribution < 1.29 is 13.2 Å². The van der Waals surface area contributed by atoms with Gasteiger partial charge in [-0.1, -0.05) is 29.8 Å². The molecule has 0 aromatic heterocycles. The monoisotopic (exact) mass is 325 g/mol. The molecule has 0 unspecified atom stereocenters. The molecule has 0 heterocycles. The standard InChI is InChI=1S/C15H16ClNO3S/c1-20-15-5-3-2-4-12(15)10-11-17-21(18,19)14-8-6-13(16)7-9-14/h2-9,17H,10-11H2,1H3. The highest BCUT2D eigenvalue weighted by molar-refractivity contribution is 7.89. The summed E-state index contributed by atoms with van der Waals surface area (Å²) in [6.45, 7) is 0.297. The van der Waals surface area contributed by atoms with Crippen molar-refractivity contribution in [3.05, 3.63) is 59.1 Å². The van der Waals surface area contributed by atoms with Gasteiger partial charge in [0, 0.05) is 11.6 Å². The fourth-order valence-electron chi connectivity index (χ4n) is 1.93. The van der Waals surface area contributed by atoms with Gasteiger partial charge in [-0.05, 0) is 42.3 Å². The molecule has 0 amide bonds. The van der Waals surface area contributed by atoms with Gasteiger partial charge < -0.3 is 4.74 Å². The van der Waals surface area contributed by atoms with Crippen LogP contribution in [-0.4, -0.2) is 22.1 Å². The maximum atomic E-state index is 12.1. The summed E-state index contributed by atoms with van der Waals surface area (Å²) in [4.78, 5) is 0.201. The first-order valence-electron chi connectivity index (χ1n) is 6.40. The van der Waals surface area contributed by atoms with Gasteiger partial charge in [0.05, 0.1) is 12.0 Å². The zero-order chi connectivity index (χ0) is 15.3. The number of hydrogen-bond acceptors (Lipinski definition) is 3. The van der Waals surface area contributed by atoms with Crippen LogP contribution in [0.25, 0.3) is 0 Å². The van der Waals surface area contributed by atoms with E-state index >= 15 is 0 Å². The summed E-state index contributed by atoms with van der Waals surface area (Å²) in [5.41, 5.74) is 0.957. The van der Waals surface area contributed by atoms with Gasteiger partial charge in [-0.2, -0.15) is 0 Å². The lowest BCUT2D eigenvalue weighted by molar-refractivity contribution is 0.409. The van der Waals surface area contributed by atoms with E-state index in [1.807, 2.05) is 24.3 Å². The molecule has 0 saturated carbocycles. The van der Waals surface area contributed by atoms with Gasteiger partial charge in [0.2, 0.25) is 10.0 Å². The molecule has 2 rings (SSSR count). The predicted octanol–water partition coefficient (Wildman–Crippen LogP) is 2.87. The Bertz CT molecular complexity index is 699. The van der Waals surface area contributed by atoms with E-state index in [0.717, 1.165) is 11.3 Å². The van der Waals surface area contributed by atoms with E-state index < -0.39 is 10.0 Å². The maximum Gasteiger partial charge on any atom is 0.240 e. The molecule has 0 fully saturated rings. The van der Waals surface area contributed by atoms with Gasteiger partial charge >= 0.3 is 0 Å². The van der Waals surface area contributed by atoms with Crippen LogP contribution in [0.4, 0.5) is 0 Å². The van der Waals surface area contributed by atoms with Crippen LogP contribution >= 0.6 is 11.6 Å². The number of para-hydroxylation sites is 1. The van der Waals surface area contributed by atoms with Crippen molar-refractivity contribution in [2.75, 3.05) is 13.7 Å². The first-order valence-corrected chi connectivity index (χ1v) is 8.26. The minimum absolute atomic E-state index is 0.201. The predicted molar refractivity (Wildman–Crippen MR) is 83.3 cm³/mol. The van der Waals surface area contributed by atoms with Gasteiger partial charge in [-0.25, -0.2) is 13.1 Å². The lowest BCUT2D eigenvalue weighted by atomic mass is 10.1. The number of nitrogens with one attached hydrogen (secondary N) is 1. The number of rotatable bonds is 6. The summed E-state index contributed by atoms with van der Waals surface area (Å²) in [5, 5.41) is 0.503. The Morgan fingerprint density at radius 1 is 1.10 bits per heavy atom. The normalized spacial score (nSPS) is 11.3. The molecule has 2 aromatic rings. The Balaban J connectivity index is 2.01. The Morgan fingerprint density at radius 2 is 1.76 bits per heavy atom. The number of benzene rings is 2. The van der Waals surface area contributed by atoms with Gasteiger partial charge in [-0.15, -0.1) is 0 Å². The van der Waals surface area contributed by atoms with Gasteiger partial charge in [0.1, 0.15) is 5.75 Å². The number of hydrogen-bond donors (Lipinski definition) is 1. The van der Waals surface area contributed by atoms with Crippen LogP contribution in [0.2, 0.25) is 5.02 Å². The van der Waals surface area contributed by atoms with Crippen LogP contribution in [0.5, 0.6) is 5.75 Å². The molecule has 0 aliphatic carbocycles. The molecule has 0 spiro atoms. The second-order valence-corrected chi connectivity index (χ2v) is 6.62.